The number of nitrogen functional groups attached to an aromatic ring is 1. The highest BCUT2D eigenvalue weighted by Gasteiger charge is 2.15. The standard InChI is InChI=1S/C12H20N4/c1-16-6-4-11(5-7-16)14-8-10-2-3-12(13)15-9-10/h2-3,9,11,14H,4-8H2,1H3,(H2,13,15). The number of hydrogen-bond donors (Lipinski definition) is 2. The number of pyridine rings is 1. The van der Waals surface area contributed by atoms with Crippen molar-refractivity contribution in [2.45, 2.75) is 25.4 Å². The van der Waals surface area contributed by atoms with Crippen molar-refractivity contribution in [3.63, 3.8) is 0 Å². The van der Waals surface area contributed by atoms with Gasteiger partial charge < -0.3 is 16.0 Å². The zero-order valence-electron chi connectivity index (χ0n) is 9.82. The average molecular weight is 220 g/mol. The highest BCUT2D eigenvalue weighted by atomic mass is 15.1. The Morgan fingerprint density at radius 1 is 1.44 bits per heavy atom. The summed E-state index contributed by atoms with van der Waals surface area (Å²) in [6.07, 6.45) is 4.31. The number of anilines is 1. The van der Waals surface area contributed by atoms with Gasteiger partial charge in [-0.1, -0.05) is 6.07 Å². The minimum atomic E-state index is 0.586. The summed E-state index contributed by atoms with van der Waals surface area (Å²) in [5.74, 6) is 0.586. The van der Waals surface area contributed by atoms with Crippen molar-refractivity contribution in [1.29, 1.82) is 0 Å². The Morgan fingerprint density at radius 3 is 2.81 bits per heavy atom. The normalized spacial score (nSPS) is 18.8. The number of nitrogens with zero attached hydrogens (tertiary/aromatic N) is 2. The Balaban J connectivity index is 1.77. The van der Waals surface area contributed by atoms with Crippen molar-refractivity contribution in [1.82, 2.24) is 15.2 Å². The molecule has 0 aromatic carbocycles. The second-order valence-electron chi connectivity index (χ2n) is 4.55. The van der Waals surface area contributed by atoms with E-state index < -0.39 is 0 Å². The van der Waals surface area contributed by atoms with Crippen LogP contribution in [-0.4, -0.2) is 36.1 Å². The fourth-order valence-electron chi connectivity index (χ4n) is 2.02. The smallest absolute Gasteiger partial charge is 0.123 e. The Hall–Kier alpha value is -1.13. The predicted octanol–water partition coefficient (Wildman–Crippen LogP) is 0.848. The molecule has 1 aliphatic heterocycles. The largest absolute Gasteiger partial charge is 0.384 e. The maximum Gasteiger partial charge on any atom is 0.123 e. The molecule has 2 heterocycles. The van der Waals surface area contributed by atoms with Gasteiger partial charge in [0.2, 0.25) is 0 Å². The first-order chi connectivity index (χ1) is 7.74. The van der Waals surface area contributed by atoms with E-state index in [9.17, 15) is 0 Å². The zero-order valence-corrected chi connectivity index (χ0v) is 9.82. The molecule has 1 aromatic heterocycles. The molecule has 1 aromatic rings. The van der Waals surface area contributed by atoms with Crippen LogP contribution in [0.3, 0.4) is 0 Å². The fraction of sp³-hybridized carbons (Fsp3) is 0.583. The molecule has 0 atom stereocenters. The van der Waals surface area contributed by atoms with Gasteiger partial charge in [-0.2, -0.15) is 0 Å². The summed E-state index contributed by atoms with van der Waals surface area (Å²) in [5.41, 5.74) is 6.75. The molecule has 0 spiro atoms. The first kappa shape index (κ1) is 11.4. The highest BCUT2D eigenvalue weighted by Crippen LogP contribution is 2.09. The molecule has 0 aliphatic carbocycles. The Labute approximate surface area is 96.8 Å². The maximum atomic E-state index is 5.54. The molecule has 2 rings (SSSR count). The van der Waals surface area contributed by atoms with E-state index >= 15 is 0 Å². The van der Waals surface area contributed by atoms with Crippen molar-refractivity contribution in [3.05, 3.63) is 23.9 Å². The van der Waals surface area contributed by atoms with Crippen LogP contribution < -0.4 is 11.1 Å². The van der Waals surface area contributed by atoms with Gasteiger partial charge in [-0.15, -0.1) is 0 Å². The van der Waals surface area contributed by atoms with E-state index in [-0.39, 0.29) is 0 Å². The van der Waals surface area contributed by atoms with E-state index in [2.05, 4.69) is 22.2 Å². The lowest BCUT2D eigenvalue weighted by Gasteiger charge is -2.29. The van der Waals surface area contributed by atoms with Gasteiger partial charge in [-0.25, -0.2) is 4.98 Å². The van der Waals surface area contributed by atoms with E-state index in [4.69, 9.17) is 5.73 Å². The monoisotopic (exact) mass is 220 g/mol. The van der Waals surface area contributed by atoms with Gasteiger partial charge in [-0.3, -0.25) is 0 Å². The molecular weight excluding hydrogens is 200 g/mol. The van der Waals surface area contributed by atoms with Crippen LogP contribution >= 0.6 is 0 Å². The van der Waals surface area contributed by atoms with Gasteiger partial charge in [0.1, 0.15) is 5.82 Å². The Bertz CT molecular complexity index is 314. The van der Waals surface area contributed by atoms with E-state index in [1.807, 2.05) is 18.3 Å². The number of rotatable bonds is 3. The summed E-state index contributed by atoms with van der Waals surface area (Å²) in [4.78, 5) is 6.46. The Morgan fingerprint density at radius 2 is 2.19 bits per heavy atom. The number of hydrogen-bond acceptors (Lipinski definition) is 4. The molecule has 1 saturated heterocycles. The topological polar surface area (TPSA) is 54.2 Å². The Kier molecular flexibility index (Phi) is 3.74. The SMILES string of the molecule is CN1CCC(NCc2ccc(N)nc2)CC1. The molecule has 3 N–H and O–H groups in total. The summed E-state index contributed by atoms with van der Waals surface area (Å²) in [6, 6.07) is 4.53. The van der Waals surface area contributed by atoms with Crippen molar-refractivity contribution >= 4 is 5.82 Å². The number of piperidine rings is 1. The minimum absolute atomic E-state index is 0.586. The lowest BCUT2D eigenvalue weighted by molar-refractivity contribution is 0.234. The lowest BCUT2D eigenvalue weighted by Crippen LogP contribution is -2.40. The van der Waals surface area contributed by atoms with E-state index in [0.29, 0.717) is 11.9 Å². The first-order valence-corrected chi connectivity index (χ1v) is 5.86. The van der Waals surface area contributed by atoms with Gasteiger partial charge in [0, 0.05) is 18.8 Å². The van der Waals surface area contributed by atoms with E-state index in [1.165, 1.54) is 31.5 Å². The molecule has 0 saturated carbocycles. The van der Waals surface area contributed by atoms with Crippen LogP contribution in [0.15, 0.2) is 18.3 Å². The second kappa shape index (κ2) is 5.27. The van der Waals surface area contributed by atoms with E-state index in [0.717, 1.165) is 6.54 Å². The predicted molar refractivity (Wildman–Crippen MR) is 66.0 cm³/mol. The molecule has 88 valence electrons. The van der Waals surface area contributed by atoms with E-state index in [1.54, 1.807) is 0 Å². The molecule has 0 amide bonds. The van der Waals surface area contributed by atoms with Crippen molar-refractivity contribution in [3.8, 4) is 0 Å². The summed E-state index contributed by atoms with van der Waals surface area (Å²) in [5, 5.41) is 3.57. The van der Waals surface area contributed by atoms with Crippen LogP contribution in [0.2, 0.25) is 0 Å². The van der Waals surface area contributed by atoms with Crippen LogP contribution in [0.1, 0.15) is 18.4 Å². The molecule has 1 aliphatic rings. The van der Waals surface area contributed by atoms with Crippen LogP contribution in [0, 0.1) is 0 Å². The van der Waals surface area contributed by atoms with Crippen LogP contribution in [0.5, 0.6) is 0 Å². The number of likely N-dealkylation sites (tertiary alicyclic amines) is 1. The molecule has 4 heteroatoms. The van der Waals surface area contributed by atoms with Gasteiger partial charge in [0.15, 0.2) is 0 Å². The van der Waals surface area contributed by atoms with Crippen LogP contribution in [-0.2, 0) is 6.54 Å². The minimum Gasteiger partial charge on any atom is -0.384 e. The van der Waals surface area contributed by atoms with Crippen LogP contribution in [0.4, 0.5) is 5.82 Å². The summed E-state index contributed by atoms with van der Waals surface area (Å²) >= 11 is 0. The fourth-order valence-corrected chi connectivity index (χ4v) is 2.02. The molecular formula is C12H20N4. The number of nitrogens with two attached hydrogens (primary N) is 1. The van der Waals surface area contributed by atoms with Gasteiger partial charge in [-0.05, 0) is 44.6 Å². The summed E-state index contributed by atoms with van der Waals surface area (Å²) < 4.78 is 0. The number of aromatic nitrogens is 1. The third kappa shape index (κ3) is 3.18. The van der Waals surface area contributed by atoms with Gasteiger partial charge in [0.25, 0.3) is 0 Å². The molecule has 1 fully saturated rings. The third-order valence-corrected chi connectivity index (χ3v) is 3.16. The zero-order chi connectivity index (χ0) is 11.4. The van der Waals surface area contributed by atoms with Crippen molar-refractivity contribution in [2.24, 2.45) is 0 Å². The quantitative estimate of drug-likeness (QED) is 0.793. The molecule has 16 heavy (non-hydrogen) atoms. The maximum absolute atomic E-state index is 5.54. The summed E-state index contributed by atoms with van der Waals surface area (Å²) in [7, 11) is 2.18. The molecule has 4 nitrogen and oxygen atoms in total. The number of nitrogens with one attached hydrogen (secondary N) is 1. The first-order valence-electron chi connectivity index (χ1n) is 5.86. The third-order valence-electron chi connectivity index (χ3n) is 3.16. The van der Waals surface area contributed by atoms with Gasteiger partial charge >= 0.3 is 0 Å². The van der Waals surface area contributed by atoms with Crippen molar-refractivity contribution < 1.29 is 0 Å². The van der Waals surface area contributed by atoms with Gasteiger partial charge in [0.05, 0.1) is 0 Å². The van der Waals surface area contributed by atoms with Crippen LogP contribution in [0.25, 0.3) is 0 Å². The molecule has 0 unspecified atom stereocenters. The molecule has 0 radical (unpaired) electrons. The summed E-state index contributed by atoms with van der Waals surface area (Å²) in [6.45, 7) is 3.27. The molecule has 0 bridgehead atoms. The highest BCUT2D eigenvalue weighted by molar-refractivity contribution is 5.29. The van der Waals surface area contributed by atoms with Crippen molar-refractivity contribution in [2.75, 3.05) is 25.9 Å². The second-order valence-corrected chi connectivity index (χ2v) is 4.55. The average Bonchev–Trinajstić information content (AvgIpc) is 2.30. The lowest BCUT2D eigenvalue weighted by atomic mass is 10.1.